The highest BCUT2D eigenvalue weighted by atomic mass is 35.5. The van der Waals surface area contributed by atoms with Gasteiger partial charge in [0.25, 0.3) is 5.91 Å². The number of carbonyl (C=O) groups is 1. The number of aryl methyl sites for hydroxylation is 1. The fourth-order valence-electron chi connectivity index (χ4n) is 2.53. The van der Waals surface area contributed by atoms with Gasteiger partial charge in [0.15, 0.2) is 0 Å². The first kappa shape index (κ1) is 16.2. The van der Waals surface area contributed by atoms with Gasteiger partial charge in [-0.05, 0) is 37.6 Å². The molecular weight excluding hydrogens is 306 g/mol. The van der Waals surface area contributed by atoms with Gasteiger partial charge in [0.2, 0.25) is 0 Å². The maximum atomic E-state index is 12.5. The van der Waals surface area contributed by atoms with Gasteiger partial charge < -0.3 is 10.6 Å². The van der Waals surface area contributed by atoms with Gasteiger partial charge >= 0.3 is 0 Å². The van der Waals surface area contributed by atoms with E-state index in [4.69, 9.17) is 29.6 Å². The smallest absolute Gasteiger partial charge is 0.254 e. The Morgan fingerprint density at radius 1 is 1.29 bits per heavy atom. The zero-order valence-electron chi connectivity index (χ0n) is 12.3. The number of halogens is 1. The highest BCUT2D eigenvalue weighted by Crippen LogP contribution is 2.17. The van der Waals surface area contributed by atoms with Crippen molar-refractivity contribution in [3.8, 4) is 0 Å². The molecule has 114 valence electrons. The van der Waals surface area contributed by atoms with Crippen LogP contribution in [0.3, 0.4) is 0 Å². The Labute approximate surface area is 135 Å². The van der Waals surface area contributed by atoms with Gasteiger partial charge in [-0.2, -0.15) is 0 Å². The van der Waals surface area contributed by atoms with Gasteiger partial charge in [-0.3, -0.25) is 9.69 Å². The maximum Gasteiger partial charge on any atom is 0.254 e. The predicted molar refractivity (Wildman–Crippen MR) is 89.9 cm³/mol. The van der Waals surface area contributed by atoms with Crippen molar-refractivity contribution in [3.63, 3.8) is 0 Å². The summed E-state index contributed by atoms with van der Waals surface area (Å²) >= 11 is 11.1. The molecule has 0 spiro atoms. The summed E-state index contributed by atoms with van der Waals surface area (Å²) < 4.78 is 0. The van der Waals surface area contributed by atoms with Crippen molar-refractivity contribution in [2.24, 2.45) is 5.73 Å². The average Bonchev–Trinajstić information content (AvgIpc) is 2.44. The van der Waals surface area contributed by atoms with E-state index in [0.717, 1.165) is 18.7 Å². The summed E-state index contributed by atoms with van der Waals surface area (Å²) in [6, 6.07) is 5.52. The third-order valence-corrected chi connectivity index (χ3v) is 4.41. The lowest BCUT2D eigenvalue weighted by molar-refractivity contribution is 0.0621. The number of nitrogens with two attached hydrogens (primary N) is 1. The molecule has 6 heteroatoms. The van der Waals surface area contributed by atoms with Crippen molar-refractivity contribution >= 4 is 34.7 Å². The first-order chi connectivity index (χ1) is 9.88. The lowest BCUT2D eigenvalue weighted by Gasteiger charge is -2.37. The zero-order chi connectivity index (χ0) is 15.6. The van der Waals surface area contributed by atoms with Crippen LogP contribution >= 0.6 is 23.8 Å². The first-order valence-corrected chi connectivity index (χ1v) is 7.77. The maximum absolute atomic E-state index is 12.5. The van der Waals surface area contributed by atoms with E-state index in [2.05, 4.69) is 4.90 Å². The standard InChI is InChI=1S/C15H20ClN3OS/c1-10-7-12(9-13(16)8-10)15(20)19-5-3-18(4-6-19)11(2)14(17)21/h7-9,11H,3-6H2,1-2H3,(H2,17,21). The van der Waals surface area contributed by atoms with Crippen LogP contribution in [-0.4, -0.2) is 52.9 Å². The molecule has 1 amide bonds. The number of thiocarbonyl (C=S) groups is 1. The molecule has 1 unspecified atom stereocenters. The largest absolute Gasteiger partial charge is 0.392 e. The molecule has 21 heavy (non-hydrogen) atoms. The quantitative estimate of drug-likeness (QED) is 0.864. The third kappa shape index (κ3) is 3.93. The molecular formula is C15H20ClN3OS. The molecule has 0 saturated carbocycles. The molecule has 0 aliphatic carbocycles. The van der Waals surface area contributed by atoms with Crippen LogP contribution < -0.4 is 5.73 Å². The minimum atomic E-state index is 0.0308. The van der Waals surface area contributed by atoms with Crippen LogP contribution in [0.4, 0.5) is 0 Å². The number of carbonyl (C=O) groups excluding carboxylic acids is 1. The molecule has 2 rings (SSSR count). The van der Waals surface area contributed by atoms with Gasteiger partial charge in [-0.15, -0.1) is 0 Å². The number of benzene rings is 1. The molecule has 0 aromatic heterocycles. The lowest BCUT2D eigenvalue weighted by Crippen LogP contribution is -2.53. The fraction of sp³-hybridized carbons (Fsp3) is 0.467. The second-order valence-corrected chi connectivity index (χ2v) is 6.33. The van der Waals surface area contributed by atoms with E-state index >= 15 is 0 Å². The van der Waals surface area contributed by atoms with Crippen molar-refractivity contribution in [3.05, 3.63) is 34.3 Å². The van der Waals surface area contributed by atoms with Crippen LogP contribution in [0.15, 0.2) is 18.2 Å². The normalized spacial score (nSPS) is 17.6. The summed E-state index contributed by atoms with van der Waals surface area (Å²) in [5.74, 6) is 0.0308. The summed E-state index contributed by atoms with van der Waals surface area (Å²) in [5, 5.41) is 0.596. The van der Waals surface area contributed by atoms with E-state index in [1.807, 2.05) is 30.9 Å². The minimum absolute atomic E-state index is 0.0308. The Morgan fingerprint density at radius 2 is 1.90 bits per heavy atom. The van der Waals surface area contributed by atoms with Crippen LogP contribution in [0.25, 0.3) is 0 Å². The molecule has 1 heterocycles. The highest BCUT2D eigenvalue weighted by Gasteiger charge is 2.25. The monoisotopic (exact) mass is 325 g/mol. The molecule has 2 N–H and O–H groups in total. The van der Waals surface area contributed by atoms with Crippen LogP contribution in [0.2, 0.25) is 5.02 Å². The van der Waals surface area contributed by atoms with Crippen LogP contribution in [0.5, 0.6) is 0 Å². The topological polar surface area (TPSA) is 49.6 Å². The van der Waals surface area contributed by atoms with Gasteiger partial charge in [0.05, 0.1) is 11.0 Å². The molecule has 1 aliphatic heterocycles. The van der Waals surface area contributed by atoms with Crippen molar-refractivity contribution in [1.82, 2.24) is 9.80 Å². The van der Waals surface area contributed by atoms with E-state index in [1.54, 1.807) is 6.07 Å². The molecule has 1 saturated heterocycles. The molecule has 1 fully saturated rings. The second kappa shape index (κ2) is 6.73. The Bertz CT molecular complexity index is 536. The molecule has 0 bridgehead atoms. The zero-order valence-corrected chi connectivity index (χ0v) is 13.9. The van der Waals surface area contributed by atoms with E-state index in [-0.39, 0.29) is 11.9 Å². The number of nitrogens with zero attached hydrogens (tertiary/aromatic N) is 2. The van der Waals surface area contributed by atoms with Gasteiger partial charge in [0.1, 0.15) is 0 Å². The molecule has 4 nitrogen and oxygen atoms in total. The average molecular weight is 326 g/mol. The van der Waals surface area contributed by atoms with Gasteiger partial charge in [-0.1, -0.05) is 23.8 Å². The van der Waals surface area contributed by atoms with E-state index in [1.165, 1.54) is 0 Å². The van der Waals surface area contributed by atoms with Crippen LogP contribution in [0.1, 0.15) is 22.8 Å². The number of hydrogen-bond acceptors (Lipinski definition) is 3. The number of amides is 1. The van der Waals surface area contributed by atoms with Gasteiger partial charge in [-0.25, -0.2) is 0 Å². The second-order valence-electron chi connectivity index (χ2n) is 5.42. The number of rotatable bonds is 3. The van der Waals surface area contributed by atoms with Crippen molar-refractivity contribution < 1.29 is 4.79 Å². The van der Waals surface area contributed by atoms with Crippen LogP contribution in [-0.2, 0) is 0 Å². The Morgan fingerprint density at radius 3 is 2.43 bits per heavy atom. The Balaban J connectivity index is 2.01. The molecule has 0 radical (unpaired) electrons. The molecule has 1 aliphatic rings. The summed E-state index contributed by atoms with van der Waals surface area (Å²) in [4.78, 5) is 17.1. The molecule has 1 atom stereocenters. The van der Waals surface area contributed by atoms with Crippen LogP contribution in [0, 0.1) is 6.92 Å². The van der Waals surface area contributed by atoms with Crippen molar-refractivity contribution in [2.75, 3.05) is 26.2 Å². The number of hydrogen-bond donors (Lipinski definition) is 1. The van der Waals surface area contributed by atoms with E-state index in [9.17, 15) is 4.79 Å². The first-order valence-electron chi connectivity index (χ1n) is 6.98. The van der Waals surface area contributed by atoms with E-state index in [0.29, 0.717) is 28.7 Å². The third-order valence-electron chi connectivity index (χ3n) is 3.85. The van der Waals surface area contributed by atoms with Gasteiger partial charge in [0, 0.05) is 36.8 Å². The Kier molecular flexibility index (Phi) is 5.19. The summed E-state index contributed by atoms with van der Waals surface area (Å²) in [6.45, 7) is 6.85. The minimum Gasteiger partial charge on any atom is -0.392 e. The van der Waals surface area contributed by atoms with E-state index < -0.39 is 0 Å². The molecule has 1 aromatic rings. The SMILES string of the molecule is Cc1cc(Cl)cc(C(=O)N2CCN(C(C)C(N)=S)CC2)c1. The highest BCUT2D eigenvalue weighted by molar-refractivity contribution is 7.80. The number of piperazine rings is 1. The lowest BCUT2D eigenvalue weighted by atomic mass is 10.1. The van der Waals surface area contributed by atoms with Crippen molar-refractivity contribution in [2.45, 2.75) is 19.9 Å². The Hall–Kier alpha value is -1.17. The fourth-order valence-corrected chi connectivity index (χ4v) is 2.97. The summed E-state index contributed by atoms with van der Waals surface area (Å²) in [6.07, 6.45) is 0. The van der Waals surface area contributed by atoms with Crippen molar-refractivity contribution in [1.29, 1.82) is 0 Å². The predicted octanol–water partition coefficient (Wildman–Crippen LogP) is 2.08. The molecule has 1 aromatic carbocycles. The summed E-state index contributed by atoms with van der Waals surface area (Å²) in [7, 11) is 0. The summed E-state index contributed by atoms with van der Waals surface area (Å²) in [5.41, 5.74) is 7.32.